The van der Waals surface area contributed by atoms with Crippen LogP contribution in [0.2, 0.25) is 0 Å². The molecule has 58 valence electrons. The maximum Gasteiger partial charge on any atom is 0.0310 e. The third-order valence-electron chi connectivity index (χ3n) is 3.27. The summed E-state index contributed by atoms with van der Waals surface area (Å²) in [6, 6.07) is 0. The van der Waals surface area contributed by atoms with Crippen molar-refractivity contribution in [3.05, 3.63) is 0 Å². The van der Waals surface area contributed by atoms with E-state index < -0.39 is 0 Å². The molecule has 1 aliphatic carbocycles. The van der Waals surface area contributed by atoms with Gasteiger partial charge in [0.25, 0.3) is 0 Å². The standard InChI is InChI=1S/C9H17N/c1-7(2)8-3-4-9(5-8)6-10-9/h7-8,10H,3-6H2,1-2H3. The summed E-state index contributed by atoms with van der Waals surface area (Å²) in [7, 11) is 0. The maximum absolute atomic E-state index is 3.49. The molecule has 1 nitrogen and oxygen atoms in total. The van der Waals surface area contributed by atoms with E-state index in [0.29, 0.717) is 5.54 Å². The van der Waals surface area contributed by atoms with Crippen molar-refractivity contribution in [2.75, 3.05) is 6.54 Å². The van der Waals surface area contributed by atoms with E-state index in [2.05, 4.69) is 19.2 Å². The summed E-state index contributed by atoms with van der Waals surface area (Å²) in [6.07, 6.45) is 4.35. The molecule has 1 heteroatoms. The SMILES string of the molecule is CC(C)C1CCC2(CN2)C1. The monoisotopic (exact) mass is 139 g/mol. The Morgan fingerprint density at radius 2 is 2.20 bits per heavy atom. The molecule has 2 atom stereocenters. The van der Waals surface area contributed by atoms with Gasteiger partial charge in [-0.2, -0.15) is 0 Å². The van der Waals surface area contributed by atoms with Gasteiger partial charge in [0.2, 0.25) is 0 Å². The molecule has 0 aromatic rings. The van der Waals surface area contributed by atoms with Crippen LogP contribution in [0.3, 0.4) is 0 Å². The van der Waals surface area contributed by atoms with Gasteiger partial charge in [0.15, 0.2) is 0 Å². The molecule has 0 radical (unpaired) electrons. The summed E-state index contributed by atoms with van der Waals surface area (Å²) >= 11 is 0. The Bertz CT molecular complexity index is 136. The highest BCUT2D eigenvalue weighted by molar-refractivity contribution is 5.09. The normalized spacial score (nSPS) is 45.3. The first kappa shape index (κ1) is 6.66. The van der Waals surface area contributed by atoms with E-state index in [4.69, 9.17) is 0 Å². The van der Waals surface area contributed by atoms with Crippen LogP contribution in [0.1, 0.15) is 33.1 Å². The number of rotatable bonds is 1. The van der Waals surface area contributed by atoms with Gasteiger partial charge in [-0.05, 0) is 31.1 Å². The molecule has 2 fully saturated rings. The molecule has 2 unspecified atom stereocenters. The minimum Gasteiger partial charge on any atom is -0.308 e. The van der Waals surface area contributed by atoms with Crippen molar-refractivity contribution in [3.8, 4) is 0 Å². The van der Waals surface area contributed by atoms with Gasteiger partial charge in [0.05, 0.1) is 0 Å². The van der Waals surface area contributed by atoms with Crippen LogP contribution in [-0.4, -0.2) is 12.1 Å². The fourth-order valence-electron chi connectivity index (χ4n) is 2.18. The van der Waals surface area contributed by atoms with E-state index in [1.54, 1.807) is 0 Å². The van der Waals surface area contributed by atoms with Crippen molar-refractivity contribution in [1.29, 1.82) is 0 Å². The van der Waals surface area contributed by atoms with Gasteiger partial charge < -0.3 is 5.32 Å². The first-order valence-corrected chi connectivity index (χ1v) is 4.47. The fraction of sp³-hybridized carbons (Fsp3) is 1.00. The van der Waals surface area contributed by atoms with Crippen LogP contribution in [0.5, 0.6) is 0 Å². The summed E-state index contributed by atoms with van der Waals surface area (Å²) in [5.74, 6) is 1.91. The molecule has 0 aromatic heterocycles. The smallest absolute Gasteiger partial charge is 0.0310 e. The Hall–Kier alpha value is -0.0400. The zero-order chi connectivity index (χ0) is 7.19. The van der Waals surface area contributed by atoms with E-state index in [-0.39, 0.29) is 0 Å². The Morgan fingerprint density at radius 1 is 1.50 bits per heavy atom. The molecular weight excluding hydrogens is 122 g/mol. The van der Waals surface area contributed by atoms with Gasteiger partial charge in [0, 0.05) is 12.1 Å². The molecule has 1 heterocycles. The fourth-order valence-corrected chi connectivity index (χ4v) is 2.18. The predicted octanol–water partition coefficient (Wildman–Crippen LogP) is 1.78. The van der Waals surface area contributed by atoms with Crippen LogP contribution in [0.4, 0.5) is 0 Å². The first-order chi connectivity index (χ1) is 4.72. The number of nitrogens with one attached hydrogen (secondary N) is 1. The van der Waals surface area contributed by atoms with Crippen LogP contribution in [0.25, 0.3) is 0 Å². The highest BCUT2D eigenvalue weighted by Crippen LogP contribution is 2.43. The Balaban J connectivity index is 1.93. The van der Waals surface area contributed by atoms with Crippen LogP contribution < -0.4 is 5.32 Å². The molecule has 1 N–H and O–H groups in total. The third-order valence-corrected chi connectivity index (χ3v) is 3.27. The predicted molar refractivity (Wildman–Crippen MR) is 42.9 cm³/mol. The summed E-state index contributed by atoms with van der Waals surface area (Å²) in [5.41, 5.74) is 0.648. The van der Waals surface area contributed by atoms with Gasteiger partial charge >= 0.3 is 0 Å². The minimum absolute atomic E-state index is 0.648. The molecule has 2 rings (SSSR count). The second-order valence-corrected chi connectivity index (χ2v) is 4.38. The minimum atomic E-state index is 0.648. The van der Waals surface area contributed by atoms with Crippen molar-refractivity contribution in [3.63, 3.8) is 0 Å². The molecule has 0 amide bonds. The quantitative estimate of drug-likeness (QED) is 0.550. The Kier molecular flexibility index (Phi) is 1.31. The van der Waals surface area contributed by atoms with E-state index in [9.17, 15) is 0 Å². The van der Waals surface area contributed by atoms with Crippen LogP contribution in [0, 0.1) is 11.8 Å². The van der Waals surface area contributed by atoms with Gasteiger partial charge in [0.1, 0.15) is 0 Å². The molecular formula is C9H17N. The van der Waals surface area contributed by atoms with Crippen molar-refractivity contribution < 1.29 is 0 Å². The molecule has 0 bridgehead atoms. The zero-order valence-electron chi connectivity index (χ0n) is 6.98. The summed E-state index contributed by atoms with van der Waals surface area (Å²) in [6.45, 7) is 6.01. The molecule has 10 heavy (non-hydrogen) atoms. The second-order valence-electron chi connectivity index (χ2n) is 4.38. The molecule has 1 saturated carbocycles. The lowest BCUT2D eigenvalue weighted by molar-refractivity contribution is 0.388. The van der Waals surface area contributed by atoms with Crippen LogP contribution in [-0.2, 0) is 0 Å². The summed E-state index contributed by atoms with van der Waals surface area (Å²) < 4.78 is 0. The Labute approximate surface area is 63.2 Å². The summed E-state index contributed by atoms with van der Waals surface area (Å²) in [4.78, 5) is 0. The number of hydrogen-bond acceptors (Lipinski definition) is 1. The number of hydrogen-bond donors (Lipinski definition) is 1. The van der Waals surface area contributed by atoms with E-state index in [1.165, 1.54) is 25.8 Å². The third kappa shape index (κ3) is 0.968. The van der Waals surface area contributed by atoms with Crippen molar-refractivity contribution in [2.24, 2.45) is 11.8 Å². The van der Waals surface area contributed by atoms with E-state index in [1.807, 2.05) is 0 Å². The first-order valence-electron chi connectivity index (χ1n) is 4.47. The van der Waals surface area contributed by atoms with E-state index in [0.717, 1.165) is 11.8 Å². The average molecular weight is 139 g/mol. The zero-order valence-corrected chi connectivity index (χ0v) is 6.98. The van der Waals surface area contributed by atoms with E-state index >= 15 is 0 Å². The van der Waals surface area contributed by atoms with Crippen molar-refractivity contribution in [1.82, 2.24) is 5.32 Å². The molecule has 1 aliphatic heterocycles. The van der Waals surface area contributed by atoms with Gasteiger partial charge in [-0.15, -0.1) is 0 Å². The Morgan fingerprint density at radius 3 is 2.50 bits per heavy atom. The van der Waals surface area contributed by atoms with Crippen LogP contribution in [0.15, 0.2) is 0 Å². The maximum atomic E-state index is 3.49. The van der Waals surface area contributed by atoms with Gasteiger partial charge in [-0.25, -0.2) is 0 Å². The van der Waals surface area contributed by atoms with Crippen molar-refractivity contribution in [2.45, 2.75) is 38.6 Å². The topological polar surface area (TPSA) is 21.9 Å². The molecule has 1 spiro atoms. The lowest BCUT2D eigenvalue weighted by atomic mass is 9.93. The highest BCUT2D eigenvalue weighted by Gasteiger charge is 2.48. The molecule has 2 aliphatic rings. The highest BCUT2D eigenvalue weighted by atomic mass is 15.2. The van der Waals surface area contributed by atoms with Gasteiger partial charge in [-0.1, -0.05) is 13.8 Å². The molecule has 1 saturated heterocycles. The second kappa shape index (κ2) is 1.97. The van der Waals surface area contributed by atoms with Crippen LogP contribution >= 0.6 is 0 Å². The lowest BCUT2D eigenvalue weighted by Crippen LogP contribution is -2.11. The summed E-state index contributed by atoms with van der Waals surface area (Å²) in [5, 5.41) is 3.49. The van der Waals surface area contributed by atoms with Gasteiger partial charge in [-0.3, -0.25) is 0 Å². The molecule has 0 aromatic carbocycles. The van der Waals surface area contributed by atoms with Crippen molar-refractivity contribution >= 4 is 0 Å². The lowest BCUT2D eigenvalue weighted by Gasteiger charge is -2.12. The largest absolute Gasteiger partial charge is 0.308 e. The average Bonchev–Trinajstić information content (AvgIpc) is 2.41.